The standard InChI is InChI=1S/C21H27N3O2/c1-15(2)11-19(25)21(26)24-10-6-9-17(14-24)20-18(13-22-23-20)12-16-7-4-3-5-8-16/h3-5,7-8,13,15,17H,6,9-12,14H2,1-2H3,(H,22,23)/t17-/m0/s1. The monoisotopic (exact) mass is 353 g/mol. The van der Waals surface area contributed by atoms with Crippen molar-refractivity contribution in [2.45, 2.75) is 45.4 Å². The first-order valence-electron chi connectivity index (χ1n) is 9.42. The summed E-state index contributed by atoms with van der Waals surface area (Å²) < 4.78 is 0. The third-order valence-corrected chi connectivity index (χ3v) is 4.94. The van der Waals surface area contributed by atoms with Crippen LogP contribution in [0.3, 0.4) is 0 Å². The number of rotatable bonds is 6. The number of carbonyl (C=O) groups excluding carboxylic acids is 2. The molecule has 0 spiro atoms. The van der Waals surface area contributed by atoms with E-state index in [-0.39, 0.29) is 23.5 Å². The van der Waals surface area contributed by atoms with Crippen molar-refractivity contribution in [3.8, 4) is 0 Å². The van der Waals surface area contributed by atoms with E-state index in [1.54, 1.807) is 4.90 Å². The first kappa shape index (κ1) is 18.4. The highest BCUT2D eigenvalue weighted by molar-refractivity contribution is 6.36. The fraction of sp³-hybridized carbons (Fsp3) is 0.476. The first-order chi connectivity index (χ1) is 12.5. The van der Waals surface area contributed by atoms with E-state index in [9.17, 15) is 9.59 Å². The maximum atomic E-state index is 12.5. The molecule has 1 aromatic carbocycles. The second-order valence-corrected chi connectivity index (χ2v) is 7.58. The van der Waals surface area contributed by atoms with Crippen molar-refractivity contribution < 1.29 is 9.59 Å². The van der Waals surface area contributed by atoms with Crippen LogP contribution in [0.5, 0.6) is 0 Å². The molecule has 1 amide bonds. The SMILES string of the molecule is CC(C)CC(=O)C(=O)N1CCC[C@H](c2[nH]ncc2Cc2ccccc2)C1. The lowest BCUT2D eigenvalue weighted by molar-refractivity contribution is -0.145. The summed E-state index contributed by atoms with van der Waals surface area (Å²) in [6, 6.07) is 10.3. The van der Waals surface area contributed by atoms with E-state index in [4.69, 9.17) is 0 Å². The van der Waals surface area contributed by atoms with E-state index < -0.39 is 0 Å². The Hall–Kier alpha value is -2.43. The zero-order valence-electron chi connectivity index (χ0n) is 15.6. The molecule has 1 N–H and O–H groups in total. The molecule has 2 heterocycles. The first-order valence-corrected chi connectivity index (χ1v) is 9.42. The van der Waals surface area contributed by atoms with Gasteiger partial charge in [0.2, 0.25) is 5.78 Å². The van der Waals surface area contributed by atoms with Crippen LogP contribution in [0.1, 0.15) is 55.8 Å². The molecule has 2 aromatic rings. The molecule has 0 radical (unpaired) electrons. The summed E-state index contributed by atoms with van der Waals surface area (Å²) in [6.45, 7) is 5.18. The highest BCUT2D eigenvalue weighted by atomic mass is 16.2. The number of piperidine rings is 1. The number of benzene rings is 1. The van der Waals surface area contributed by atoms with Crippen molar-refractivity contribution in [1.82, 2.24) is 15.1 Å². The molecule has 0 saturated carbocycles. The Labute approximate surface area is 154 Å². The topological polar surface area (TPSA) is 66.1 Å². The van der Waals surface area contributed by atoms with E-state index in [0.717, 1.165) is 25.0 Å². The van der Waals surface area contributed by atoms with Gasteiger partial charge in [-0.2, -0.15) is 5.10 Å². The highest BCUT2D eigenvalue weighted by Gasteiger charge is 2.30. The molecular formula is C21H27N3O2. The van der Waals surface area contributed by atoms with Gasteiger partial charge >= 0.3 is 0 Å². The molecule has 5 nitrogen and oxygen atoms in total. The largest absolute Gasteiger partial charge is 0.335 e. The van der Waals surface area contributed by atoms with Crippen molar-refractivity contribution >= 4 is 11.7 Å². The molecule has 1 aromatic heterocycles. The molecule has 1 aliphatic rings. The molecule has 0 aliphatic carbocycles. The number of likely N-dealkylation sites (tertiary alicyclic amines) is 1. The van der Waals surface area contributed by atoms with Gasteiger partial charge in [-0.15, -0.1) is 0 Å². The summed E-state index contributed by atoms with van der Waals surface area (Å²) in [5, 5.41) is 7.39. The lowest BCUT2D eigenvalue weighted by Gasteiger charge is -2.32. The van der Waals surface area contributed by atoms with E-state index in [1.165, 1.54) is 11.1 Å². The van der Waals surface area contributed by atoms with Crippen LogP contribution < -0.4 is 0 Å². The van der Waals surface area contributed by atoms with Gasteiger partial charge in [0.25, 0.3) is 5.91 Å². The Morgan fingerprint density at radius 3 is 2.77 bits per heavy atom. The van der Waals surface area contributed by atoms with Crippen LogP contribution >= 0.6 is 0 Å². The number of hydrogen-bond acceptors (Lipinski definition) is 3. The third kappa shape index (κ3) is 4.40. The predicted molar refractivity (Wildman–Crippen MR) is 101 cm³/mol. The number of ketones is 1. The van der Waals surface area contributed by atoms with Gasteiger partial charge in [0.15, 0.2) is 0 Å². The summed E-state index contributed by atoms with van der Waals surface area (Å²) in [6.07, 6.45) is 4.95. The fourth-order valence-corrected chi connectivity index (χ4v) is 3.66. The lowest BCUT2D eigenvalue weighted by atomic mass is 9.90. The molecule has 26 heavy (non-hydrogen) atoms. The van der Waals surface area contributed by atoms with Gasteiger partial charge in [0.1, 0.15) is 0 Å². The number of hydrogen-bond donors (Lipinski definition) is 1. The molecule has 5 heteroatoms. The van der Waals surface area contributed by atoms with Gasteiger partial charge in [-0.25, -0.2) is 0 Å². The van der Waals surface area contributed by atoms with Crippen molar-refractivity contribution in [2.75, 3.05) is 13.1 Å². The average molecular weight is 353 g/mol. The van der Waals surface area contributed by atoms with E-state index in [0.29, 0.717) is 19.5 Å². The molecule has 138 valence electrons. The smallest absolute Gasteiger partial charge is 0.289 e. The summed E-state index contributed by atoms with van der Waals surface area (Å²) in [5.41, 5.74) is 3.51. The maximum Gasteiger partial charge on any atom is 0.289 e. The molecule has 3 rings (SSSR count). The second-order valence-electron chi connectivity index (χ2n) is 7.58. The van der Waals surface area contributed by atoms with Crippen LogP contribution in [0.4, 0.5) is 0 Å². The average Bonchev–Trinajstić information content (AvgIpc) is 3.09. The van der Waals surface area contributed by atoms with Crippen LogP contribution in [-0.4, -0.2) is 39.9 Å². The number of aromatic amines is 1. The zero-order chi connectivity index (χ0) is 18.5. The minimum absolute atomic E-state index is 0.206. The molecule has 0 bridgehead atoms. The number of aromatic nitrogens is 2. The highest BCUT2D eigenvalue weighted by Crippen LogP contribution is 2.29. The number of H-pyrrole nitrogens is 1. The molecule has 1 saturated heterocycles. The van der Waals surface area contributed by atoms with E-state index in [2.05, 4.69) is 22.3 Å². The van der Waals surface area contributed by atoms with Crippen LogP contribution in [0.25, 0.3) is 0 Å². The van der Waals surface area contributed by atoms with Gasteiger partial charge in [0.05, 0.1) is 6.20 Å². The van der Waals surface area contributed by atoms with Crippen LogP contribution in [0.15, 0.2) is 36.5 Å². The molecule has 1 aliphatic heterocycles. The van der Waals surface area contributed by atoms with Gasteiger partial charge in [0, 0.05) is 37.5 Å². The normalized spacial score (nSPS) is 17.5. The van der Waals surface area contributed by atoms with Crippen LogP contribution in [0, 0.1) is 5.92 Å². The third-order valence-electron chi connectivity index (χ3n) is 4.94. The van der Waals surface area contributed by atoms with Crippen LogP contribution in [-0.2, 0) is 16.0 Å². The van der Waals surface area contributed by atoms with Crippen molar-refractivity contribution in [1.29, 1.82) is 0 Å². The Balaban J connectivity index is 1.69. The molecule has 1 fully saturated rings. The van der Waals surface area contributed by atoms with Gasteiger partial charge < -0.3 is 4.90 Å². The Morgan fingerprint density at radius 2 is 2.04 bits per heavy atom. The predicted octanol–water partition coefficient (Wildman–Crippen LogP) is 3.32. The minimum Gasteiger partial charge on any atom is -0.335 e. The second kappa shape index (κ2) is 8.30. The van der Waals surface area contributed by atoms with Gasteiger partial charge in [-0.05, 0) is 29.9 Å². The minimum atomic E-state index is -0.326. The van der Waals surface area contributed by atoms with Crippen LogP contribution in [0.2, 0.25) is 0 Å². The quantitative estimate of drug-likeness (QED) is 0.810. The van der Waals surface area contributed by atoms with Gasteiger partial charge in [-0.1, -0.05) is 44.2 Å². The number of Topliss-reactive ketones (excluding diaryl/α,β-unsaturated/α-hetero) is 1. The van der Waals surface area contributed by atoms with Gasteiger partial charge in [-0.3, -0.25) is 14.7 Å². The van der Waals surface area contributed by atoms with E-state index in [1.807, 2.05) is 38.2 Å². The van der Waals surface area contributed by atoms with Crippen molar-refractivity contribution in [3.05, 3.63) is 53.3 Å². The van der Waals surface area contributed by atoms with Crippen molar-refractivity contribution in [2.24, 2.45) is 5.92 Å². The molecular weight excluding hydrogens is 326 g/mol. The zero-order valence-corrected chi connectivity index (χ0v) is 15.6. The molecule has 0 unspecified atom stereocenters. The number of nitrogens with zero attached hydrogens (tertiary/aromatic N) is 2. The summed E-state index contributed by atoms with van der Waals surface area (Å²) in [5.74, 6) is -0.180. The maximum absolute atomic E-state index is 12.5. The number of amides is 1. The number of nitrogens with one attached hydrogen (secondary N) is 1. The fourth-order valence-electron chi connectivity index (χ4n) is 3.66. The summed E-state index contributed by atoms with van der Waals surface area (Å²) in [7, 11) is 0. The number of carbonyl (C=O) groups is 2. The lowest BCUT2D eigenvalue weighted by Crippen LogP contribution is -2.43. The van der Waals surface area contributed by atoms with Crippen molar-refractivity contribution in [3.63, 3.8) is 0 Å². The summed E-state index contributed by atoms with van der Waals surface area (Å²) >= 11 is 0. The Bertz CT molecular complexity index is 752. The van der Waals surface area contributed by atoms with E-state index >= 15 is 0 Å². The molecule has 1 atom stereocenters. The Kier molecular flexibility index (Phi) is 5.86. The summed E-state index contributed by atoms with van der Waals surface area (Å²) in [4.78, 5) is 26.3. The Morgan fingerprint density at radius 1 is 1.27 bits per heavy atom.